The van der Waals surface area contributed by atoms with Crippen molar-refractivity contribution in [3.63, 3.8) is 0 Å². The van der Waals surface area contributed by atoms with Crippen molar-refractivity contribution in [3.8, 4) is 5.75 Å². The lowest BCUT2D eigenvalue weighted by atomic mass is 10.1. The molecule has 2 nitrogen and oxygen atoms in total. The number of benzene rings is 1. The molecule has 0 amide bonds. The van der Waals surface area contributed by atoms with Crippen LogP contribution in [0, 0.1) is 5.82 Å². The summed E-state index contributed by atoms with van der Waals surface area (Å²) in [7, 11) is 0. The fourth-order valence-corrected chi connectivity index (χ4v) is 1.55. The Morgan fingerprint density at radius 2 is 2.25 bits per heavy atom. The van der Waals surface area contributed by atoms with Crippen molar-refractivity contribution in [2.24, 2.45) is 0 Å². The molecule has 12 heavy (non-hydrogen) atoms. The van der Waals surface area contributed by atoms with Gasteiger partial charge in [0.15, 0.2) is 0 Å². The van der Waals surface area contributed by atoms with E-state index >= 15 is 0 Å². The molecule has 62 valence electrons. The number of rotatable bonds is 0. The molecule has 0 fully saturated rings. The second-order valence-corrected chi connectivity index (χ2v) is 3.43. The Labute approximate surface area is 76.5 Å². The zero-order valence-electron chi connectivity index (χ0n) is 5.93. The molecule has 0 bridgehead atoms. The SMILES string of the molecule is O=C1Cc2c(F)cc(Br)cc2O1. The van der Waals surface area contributed by atoms with Gasteiger partial charge in [0.2, 0.25) is 0 Å². The van der Waals surface area contributed by atoms with E-state index in [-0.39, 0.29) is 6.42 Å². The molecule has 1 heterocycles. The zero-order chi connectivity index (χ0) is 8.72. The van der Waals surface area contributed by atoms with Gasteiger partial charge in [-0.05, 0) is 12.1 Å². The lowest BCUT2D eigenvalue weighted by Gasteiger charge is -1.98. The third kappa shape index (κ3) is 1.12. The van der Waals surface area contributed by atoms with Crippen LogP contribution in [0.1, 0.15) is 5.56 Å². The Bertz CT molecular complexity index is 362. The number of carbonyl (C=O) groups is 1. The van der Waals surface area contributed by atoms with Gasteiger partial charge in [0.1, 0.15) is 11.6 Å². The molecule has 0 N–H and O–H groups in total. The molecular weight excluding hydrogens is 227 g/mol. The fraction of sp³-hybridized carbons (Fsp3) is 0.125. The summed E-state index contributed by atoms with van der Waals surface area (Å²) in [5.74, 6) is -0.473. The number of hydrogen-bond donors (Lipinski definition) is 0. The summed E-state index contributed by atoms with van der Waals surface area (Å²) in [6.45, 7) is 0. The van der Waals surface area contributed by atoms with E-state index < -0.39 is 11.8 Å². The predicted molar refractivity (Wildman–Crippen MR) is 43.4 cm³/mol. The molecule has 0 aromatic heterocycles. The van der Waals surface area contributed by atoms with Crippen LogP contribution in [0.4, 0.5) is 4.39 Å². The van der Waals surface area contributed by atoms with Gasteiger partial charge in [0.05, 0.1) is 6.42 Å². The van der Waals surface area contributed by atoms with E-state index in [0.717, 1.165) is 0 Å². The Kier molecular flexibility index (Phi) is 1.65. The van der Waals surface area contributed by atoms with E-state index in [0.29, 0.717) is 15.8 Å². The molecule has 1 aliphatic rings. The summed E-state index contributed by atoms with van der Waals surface area (Å²) in [6, 6.07) is 2.91. The zero-order valence-corrected chi connectivity index (χ0v) is 7.52. The summed E-state index contributed by atoms with van der Waals surface area (Å²) >= 11 is 3.10. The summed E-state index contributed by atoms with van der Waals surface area (Å²) in [5, 5.41) is 0. The van der Waals surface area contributed by atoms with Crippen molar-refractivity contribution in [2.45, 2.75) is 6.42 Å². The number of hydrogen-bond acceptors (Lipinski definition) is 2. The maximum absolute atomic E-state index is 13.1. The first-order valence-electron chi connectivity index (χ1n) is 3.35. The minimum Gasteiger partial charge on any atom is -0.426 e. The number of fused-ring (bicyclic) bond motifs is 1. The molecule has 0 saturated carbocycles. The highest BCUT2D eigenvalue weighted by molar-refractivity contribution is 9.10. The molecule has 0 saturated heterocycles. The van der Waals surface area contributed by atoms with E-state index in [1.165, 1.54) is 6.07 Å². The van der Waals surface area contributed by atoms with Gasteiger partial charge in [-0.1, -0.05) is 15.9 Å². The van der Waals surface area contributed by atoms with Crippen molar-refractivity contribution in [2.75, 3.05) is 0 Å². The van der Waals surface area contributed by atoms with Gasteiger partial charge in [0.25, 0.3) is 0 Å². The van der Waals surface area contributed by atoms with Gasteiger partial charge < -0.3 is 4.74 Å². The first-order chi connectivity index (χ1) is 5.66. The molecule has 0 radical (unpaired) electrons. The molecule has 2 rings (SSSR count). The summed E-state index contributed by atoms with van der Waals surface area (Å²) < 4.78 is 18.4. The Hall–Kier alpha value is -0.900. The van der Waals surface area contributed by atoms with Gasteiger partial charge in [-0.2, -0.15) is 0 Å². The molecule has 1 aromatic rings. The predicted octanol–water partition coefficient (Wildman–Crippen LogP) is 2.05. The third-order valence-electron chi connectivity index (χ3n) is 1.66. The van der Waals surface area contributed by atoms with E-state index in [1.807, 2.05) is 0 Å². The lowest BCUT2D eigenvalue weighted by Crippen LogP contribution is -2.00. The van der Waals surface area contributed by atoms with Crippen LogP contribution in [0.15, 0.2) is 16.6 Å². The van der Waals surface area contributed by atoms with E-state index in [4.69, 9.17) is 4.74 Å². The molecule has 1 aromatic carbocycles. The van der Waals surface area contributed by atoms with E-state index in [1.54, 1.807) is 6.07 Å². The van der Waals surface area contributed by atoms with Gasteiger partial charge in [-0.15, -0.1) is 0 Å². The van der Waals surface area contributed by atoms with Gasteiger partial charge in [0, 0.05) is 10.0 Å². The van der Waals surface area contributed by atoms with E-state index in [2.05, 4.69) is 15.9 Å². The number of halogens is 2. The van der Waals surface area contributed by atoms with E-state index in [9.17, 15) is 9.18 Å². The molecular formula is C8H4BrFO2. The van der Waals surface area contributed by atoms with Crippen LogP contribution in [-0.2, 0) is 11.2 Å². The number of ether oxygens (including phenoxy) is 1. The molecule has 0 spiro atoms. The third-order valence-corrected chi connectivity index (χ3v) is 2.12. The smallest absolute Gasteiger partial charge is 0.315 e. The Morgan fingerprint density at radius 3 is 3.00 bits per heavy atom. The average Bonchev–Trinajstić information content (AvgIpc) is 2.29. The summed E-state index contributed by atoms with van der Waals surface area (Å²) in [5.41, 5.74) is 0.350. The van der Waals surface area contributed by atoms with Crippen LogP contribution in [0.25, 0.3) is 0 Å². The summed E-state index contributed by atoms with van der Waals surface area (Å²) in [4.78, 5) is 10.8. The summed E-state index contributed by atoms with van der Waals surface area (Å²) in [6.07, 6.45) is 0.0362. The van der Waals surface area contributed by atoms with Gasteiger partial charge >= 0.3 is 5.97 Å². The first kappa shape index (κ1) is 7.73. The van der Waals surface area contributed by atoms with Crippen LogP contribution < -0.4 is 4.74 Å². The van der Waals surface area contributed by atoms with Crippen LogP contribution in [-0.4, -0.2) is 5.97 Å². The monoisotopic (exact) mass is 230 g/mol. The normalized spacial score (nSPS) is 14.3. The van der Waals surface area contributed by atoms with Crippen molar-refractivity contribution in [1.82, 2.24) is 0 Å². The molecule has 0 unspecified atom stereocenters. The Morgan fingerprint density at radius 1 is 1.50 bits per heavy atom. The molecule has 1 aliphatic heterocycles. The number of esters is 1. The number of carbonyl (C=O) groups excluding carboxylic acids is 1. The standard InChI is InChI=1S/C8H4BrFO2/c9-4-1-6(10)5-3-8(11)12-7(5)2-4/h1-2H,3H2. The van der Waals surface area contributed by atoms with Crippen LogP contribution in [0.3, 0.4) is 0 Å². The molecule has 0 atom stereocenters. The van der Waals surface area contributed by atoms with Crippen LogP contribution in [0.5, 0.6) is 5.75 Å². The van der Waals surface area contributed by atoms with Crippen molar-refractivity contribution < 1.29 is 13.9 Å². The first-order valence-corrected chi connectivity index (χ1v) is 4.15. The van der Waals surface area contributed by atoms with Crippen molar-refractivity contribution >= 4 is 21.9 Å². The largest absolute Gasteiger partial charge is 0.426 e. The topological polar surface area (TPSA) is 26.3 Å². The van der Waals surface area contributed by atoms with Crippen molar-refractivity contribution in [1.29, 1.82) is 0 Å². The Balaban J connectivity index is 2.59. The van der Waals surface area contributed by atoms with Crippen molar-refractivity contribution in [3.05, 3.63) is 28.0 Å². The fourth-order valence-electron chi connectivity index (χ4n) is 1.15. The van der Waals surface area contributed by atoms with Gasteiger partial charge in [-0.25, -0.2) is 4.39 Å². The quantitative estimate of drug-likeness (QED) is 0.504. The van der Waals surface area contributed by atoms with Crippen LogP contribution in [0.2, 0.25) is 0 Å². The minimum atomic E-state index is -0.401. The average molecular weight is 231 g/mol. The van der Waals surface area contributed by atoms with Gasteiger partial charge in [-0.3, -0.25) is 4.79 Å². The highest BCUT2D eigenvalue weighted by Gasteiger charge is 2.24. The second-order valence-electron chi connectivity index (χ2n) is 2.52. The second kappa shape index (κ2) is 2.55. The molecule has 0 aliphatic carbocycles. The lowest BCUT2D eigenvalue weighted by molar-refractivity contribution is -0.131. The molecule has 4 heteroatoms. The highest BCUT2D eigenvalue weighted by Crippen LogP contribution is 2.31. The highest BCUT2D eigenvalue weighted by atomic mass is 79.9. The minimum absolute atomic E-state index is 0.0362. The maximum atomic E-state index is 13.1. The maximum Gasteiger partial charge on any atom is 0.315 e. The van der Waals surface area contributed by atoms with Crippen LogP contribution >= 0.6 is 15.9 Å².